The van der Waals surface area contributed by atoms with Crippen LogP contribution in [-0.2, 0) is 0 Å². The number of hydrogen-bond acceptors (Lipinski definition) is 7. The zero-order chi connectivity index (χ0) is 21.7. The number of benzene rings is 1. The van der Waals surface area contributed by atoms with Gasteiger partial charge in [-0.05, 0) is 25.3 Å². The Morgan fingerprint density at radius 3 is 2.67 bits per heavy atom. The minimum Gasteiger partial charge on any atom is -0.501 e. The lowest BCUT2D eigenvalue weighted by Crippen LogP contribution is -2.36. The fraction of sp³-hybridized carbons (Fsp3) is 0.444. The van der Waals surface area contributed by atoms with Gasteiger partial charge in [-0.25, -0.2) is 9.18 Å². The van der Waals surface area contributed by atoms with E-state index in [9.17, 15) is 24.8 Å². The number of anilines is 1. The number of halogens is 1. The second kappa shape index (κ2) is 7.04. The number of aromatic hydroxyl groups is 1. The smallest absolute Gasteiger partial charge is 0.404 e. The van der Waals surface area contributed by atoms with Crippen molar-refractivity contribution in [1.82, 2.24) is 9.88 Å². The summed E-state index contributed by atoms with van der Waals surface area (Å²) in [4.78, 5) is 35.7. The first kappa shape index (κ1) is 19.7. The summed E-state index contributed by atoms with van der Waals surface area (Å²) in [5, 5.41) is 32.8. The maximum absolute atomic E-state index is 15.1. The van der Waals surface area contributed by atoms with E-state index < -0.39 is 39.9 Å². The number of pyridine rings is 1. The summed E-state index contributed by atoms with van der Waals surface area (Å²) < 4.78 is 21.8. The van der Waals surface area contributed by atoms with Crippen LogP contribution in [0.1, 0.15) is 25.3 Å². The first-order chi connectivity index (χ1) is 14.2. The van der Waals surface area contributed by atoms with Crippen molar-refractivity contribution in [2.75, 3.05) is 25.1 Å². The van der Waals surface area contributed by atoms with Crippen molar-refractivity contribution in [2.45, 2.75) is 31.3 Å². The topological polar surface area (TPSA) is 147 Å². The van der Waals surface area contributed by atoms with Gasteiger partial charge in [0.25, 0.3) is 0 Å². The quantitative estimate of drug-likeness (QED) is 0.489. The van der Waals surface area contributed by atoms with E-state index in [2.05, 4.69) is 5.32 Å². The van der Waals surface area contributed by atoms with Crippen LogP contribution in [0.3, 0.4) is 0 Å². The monoisotopic (exact) mass is 422 g/mol. The Bertz CT molecular complexity index is 1130. The summed E-state index contributed by atoms with van der Waals surface area (Å²) in [6, 6.07) is 0.218. The first-order valence-corrected chi connectivity index (χ1v) is 9.31. The average Bonchev–Trinajstić information content (AvgIpc) is 3.40. The molecule has 30 heavy (non-hydrogen) atoms. The Morgan fingerprint density at radius 1 is 1.40 bits per heavy atom. The number of nitrogens with zero attached hydrogens (tertiary/aromatic N) is 3. The number of amides is 1. The minimum absolute atomic E-state index is 0.0155. The third-order valence-electron chi connectivity index (χ3n) is 5.46. The molecular weight excluding hydrogens is 403 g/mol. The molecule has 2 heterocycles. The van der Waals surface area contributed by atoms with Crippen molar-refractivity contribution in [2.24, 2.45) is 0 Å². The number of ether oxygens (including phenoxy) is 1. The van der Waals surface area contributed by atoms with Crippen molar-refractivity contribution < 1.29 is 29.1 Å². The number of nitro groups is 1. The molecule has 1 amide bonds. The average molecular weight is 422 g/mol. The molecule has 1 atom stereocenters. The van der Waals surface area contributed by atoms with E-state index in [1.807, 2.05) is 0 Å². The molecule has 0 spiro atoms. The molecule has 11 nitrogen and oxygen atoms in total. The number of aromatic nitrogens is 1. The van der Waals surface area contributed by atoms with E-state index in [-0.39, 0.29) is 34.9 Å². The van der Waals surface area contributed by atoms with Gasteiger partial charge in [0, 0.05) is 19.1 Å². The number of rotatable bonds is 5. The van der Waals surface area contributed by atoms with Crippen molar-refractivity contribution in [3.8, 4) is 11.5 Å². The molecule has 2 fully saturated rings. The SMILES string of the molecule is COc1c(N2CCC(NC(=O)O)C2)c(F)cc2c(O)c([N+](=O)[O-])c(=O)n(C3CC3)c12. The highest BCUT2D eigenvalue weighted by molar-refractivity contribution is 5.97. The normalized spacial score (nSPS) is 18.6. The van der Waals surface area contributed by atoms with Gasteiger partial charge in [0.15, 0.2) is 11.6 Å². The number of fused-ring (bicyclic) bond motifs is 1. The highest BCUT2D eigenvalue weighted by Gasteiger charge is 2.37. The first-order valence-electron chi connectivity index (χ1n) is 9.31. The van der Waals surface area contributed by atoms with Crippen LogP contribution >= 0.6 is 0 Å². The molecule has 1 saturated carbocycles. The van der Waals surface area contributed by atoms with E-state index in [1.165, 1.54) is 11.7 Å². The second-order valence-corrected chi connectivity index (χ2v) is 7.38. The third kappa shape index (κ3) is 3.04. The molecule has 1 aromatic carbocycles. The molecule has 1 aliphatic carbocycles. The number of carboxylic acid groups (broad SMARTS) is 1. The van der Waals surface area contributed by atoms with Crippen LogP contribution in [0, 0.1) is 15.9 Å². The Kier molecular flexibility index (Phi) is 4.63. The van der Waals surface area contributed by atoms with E-state index >= 15 is 4.39 Å². The Hall–Kier alpha value is -3.57. The molecule has 160 valence electrons. The van der Waals surface area contributed by atoms with Crippen molar-refractivity contribution >= 4 is 28.4 Å². The van der Waals surface area contributed by atoms with Gasteiger partial charge < -0.3 is 25.2 Å². The maximum atomic E-state index is 15.1. The zero-order valence-corrected chi connectivity index (χ0v) is 15.9. The van der Waals surface area contributed by atoms with Gasteiger partial charge in [-0.2, -0.15) is 0 Å². The molecule has 2 aliphatic rings. The molecular formula is C18H19FN4O7. The van der Waals surface area contributed by atoms with Crippen LogP contribution in [0.4, 0.5) is 20.6 Å². The molecule has 3 N–H and O–H groups in total. The lowest BCUT2D eigenvalue weighted by atomic mass is 10.1. The molecule has 1 aromatic heterocycles. The van der Waals surface area contributed by atoms with Crippen molar-refractivity contribution in [1.29, 1.82) is 0 Å². The predicted octanol–water partition coefficient (Wildman–Crippen LogP) is 1.94. The van der Waals surface area contributed by atoms with Gasteiger partial charge >= 0.3 is 17.3 Å². The molecule has 1 saturated heterocycles. The van der Waals surface area contributed by atoms with Crippen molar-refractivity contribution in [3.05, 3.63) is 32.4 Å². The lowest BCUT2D eigenvalue weighted by molar-refractivity contribution is -0.387. The number of methoxy groups -OCH3 is 1. The fourth-order valence-electron chi connectivity index (χ4n) is 4.06. The van der Waals surface area contributed by atoms with Gasteiger partial charge in [0.2, 0.25) is 5.75 Å². The van der Waals surface area contributed by atoms with Gasteiger partial charge in [0.1, 0.15) is 11.2 Å². The van der Waals surface area contributed by atoms with Crippen LogP contribution in [0.15, 0.2) is 10.9 Å². The second-order valence-electron chi connectivity index (χ2n) is 7.38. The zero-order valence-electron chi connectivity index (χ0n) is 15.9. The summed E-state index contributed by atoms with van der Waals surface area (Å²) >= 11 is 0. The standard InChI is InChI=1S/C18H19FN4O7/c1-30-16-12-10(15(24)14(23(28)29)17(25)22(12)9-2-3-9)6-11(19)13(16)21-5-4-8(7-21)20-18(26)27/h6,8-9,20,24H,2-5,7H2,1H3,(H,26,27). The Balaban J connectivity index is 1.97. The van der Waals surface area contributed by atoms with Crippen LogP contribution in [0.25, 0.3) is 10.9 Å². The molecule has 1 unspecified atom stereocenters. The number of carbonyl (C=O) groups is 1. The van der Waals surface area contributed by atoms with Crippen LogP contribution in [0.2, 0.25) is 0 Å². The van der Waals surface area contributed by atoms with Crippen LogP contribution in [0.5, 0.6) is 11.5 Å². The van der Waals surface area contributed by atoms with Crippen LogP contribution < -0.4 is 20.5 Å². The van der Waals surface area contributed by atoms with Crippen molar-refractivity contribution in [3.63, 3.8) is 0 Å². The minimum atomic E-state index is -1.19. The van der Waals surface area contributed by atoms with E-state index in [0.717, 1.165) is 6.07 Å². The third-order valence-corrected chi connectivity index (χ3v) is 5.46. The molecule has 2 aromatic rings. The summed E-state index contributed by atoms with van der Waals surface area (Å²) in [5.41, 5.74) is -1.88. The van der Waals surface area contributed by atoms with Gasteiger partial charge in [-0.1, -0.05) is 0 Å². The highest BCUT2D eigenvalue weighted by atomic mass is 19.1. The van der Waals surface area contributed by atoms with Crippen LogP contribution in [-0.4, -0.2) is 52.0 Å². The van der Waals surface area contributed by atoms with Gasteiger partial charge in [-0.3, -0.25) is 19.5 Å². The number of hydrogen-bond donors (Lipinski definition) is 3. The van der Waals surface area contributed by atoms with Gasteiger partial charge in [0.05, 0.1) is 23.5 Å². The molecule has 0 bridgehead atoms. The lowest BCUT2D eigenvalue weighted by Gasteiger charge is -2.24. The van der Waals surface area contributed by atoms with E-state index in [4.69, 9.17) is 9.84 Å². The fourth-order valence-corrected chi connectivity index (χ4v) is 4.06. The van der Waals surface area contributed by atoms with E-state index in [1.54, 1.807) is 4.90 Å². The largest absolute Gasteiger partial charge is 0.501 e. The highest BCUT2D eigenvalue weighted by Crippen LogP contribution is 2.47. The van der Waals surface area contributed by atoms with E-state index in [0.29, 0.717) is 25.8 Å². The Labute approximate surface area is 168 Å². The predicted molar refractivity (Wildman–Crippen MR) is 103 cm³/mol. The molecule has 12 heteroatoms. The maximum Gasteiger partial charge on any atom is 0.404 e. The summed E-state index contributed by atoms with van der Waals surface area (Å²) in [6.45, 7) is 0.508. The summed E-state index contributed by atoms with van der Waals surface area (Å²) in [5.74, 6) is -1.75. The molecule has 4 rings (SSSR count). The molecule has 1 aliphatic heterocycles. The number of nitrogens with one attached hydrogen (secondary N) is 1. The Morgan fingerprint density at radius 2 is 2.10 bits per heavy atom. The summed E-state index contributed by atoms with van der Waals surface area (Å²) in [6.07, 6.45) is 0.475. The molecule has 0 radical (unpaired) electrons. The summed E-state index contributed by atoms with van der Waals surface area (Å²) in [7, 11) is 1.28. The van der Waals surface area contributed by atoms with Gasteiger partial charge in [-0.15, -0.1) is 0 Å².